The van der Waals surface area contributed by atoms with Crippen molar-refractivity contribution in [1.29, 1.82) is 0 Å². The largest absolute Gasteiger partial charge is 0.303 e. The van der Waals surface area contributed by atoms with Gasteiger partial charge in [0, 0.05) is 25.3 Å². The molecule has 0 saturated heterocycles. The molecule has 0 amide bonds. The van der Waals surface area contributed by atoms with Crippen molar-refractivity contribution in [2.75, 3.05) is 0 Å². The summed E-state index contributed by atoms with van der Waals surface area (Å²) < 4.78 is 3.18. The Kier molecular flexibility index (Phi) is 5.31. The number of aryl methyl sites for hydroxylation is 2. The van der Waals surface area contributed by atoms with E-state index < -0.39 is 0 Å². The lowest BCUT2D eigenvalue weighted by Crippen LogP contribution is -2.21. The van der Waals surface area contributed by atoms with E-state index in [1.807, 2.05) is 24.4 Å². The third-order valence-electron chi connectivity index (χ3n) is 3.40. The minimum Gasteiger partial charge on any atom is -0.303 e. The predicted molar refractivity (Wildman–Crippen MR) is 84.5 cm³/mol. The van der Waals surface area contributed by atoms with Gasteiger partial charge in [-0.3, -0.25) is 9.67 Å². The molecule has 2 heterocycles. The van der Waals surface area contributed by atoms with Crippen LogP contribution < -0.4 is 5.32 Å². The average molecular weight is 337 g/mol. The van der Waals surface area contributed by atoms with Gasteiger partial charge in [0.05, 0.1) is 21.6 Å². The maximum atomic E-state index is 4.61. The zero-order valence-electron chi connectivity index (χ0n) is 12.2. The standard InChI is InChI=1S/C15H21BrN4/c1-4-12-15(16)14(20(5-2)19-12)10-18-11(3)13-8-6-7-9-17-13/h6-9,11,18H,4-5,10H2,1-3H3. The summed E-state index contributed by atoms with van der Waals surface area (Å²) in [6.45, 7) is 8.03. The fraction of sp³-hybridized carbons (Fsp3) is 0.467. The zero-order chi connectivity index (χ0) is 14.5. The second-order valence-electron chi connectivity index (χ2n) is 4.73. The number of hydrogen-bond acceptors (Lipinski definition) is 3. The maximum Gasteiger partial charge on any atom is 0.0767 e. The molecule has 1 atom stereocenters. The van der Waals surface area contributed by atoms with Crippen molar-refractivity contribution in [3.63, 3.8) is 0 Å². The van der Waals surface area contributed by atoms with Crippen molar-refractivity contribution in [2.45, 2.75) is 46.3 Å². The first kappa shape index (κ1) is 15.2. The van der Waals surface area contributed by atoms with Gasteiger partial charge in [0.15, 0.2) is 0 Å². The van der Waals surface area contributed by atoms with E-state index in [9.17, 15) is 0 Å². The SMILES string of the molecule is CCc1nn(CC)c(CNC(C)c2ccccn2)c1Br. The average Bonchev–Trinajstić information content (AvgIpc) is 2.81. The highest BCUT2D eigenvalue weighted by atomic mass is 79.9. The van der Waals surface area contributed by atoms with Gasteiger partial charge >= 0.3 is 0 Å². The van der Waals surface area contributed by atoms with Crippen LogP contribution in [0.1, 0.15) is 43.9 Å². The summed E-state index contributed by atoms with van der Waals surface area (Å²) in [4.78, 5) is 4.38. The first-order valence-electron chi connectivity index (χ1n) is 7.05. The summed E-state index contributed by atoms with van der Waals surface area (Å²) in [5, 5.41) is 8.13. The molecule has 5 heteroatoms. The molecule has 2 aromatic rings. The molecule has 0 radical (unpaired) electrons. The molecule has 0 aromatic carbocycles. The minimum atomic E-state index is 0.216. The lowest BCUT2D eigenvalue weighted by molar-refractivity contribution is 0.522. The van der Waals surface area contributed by atoms with Crippen LogP contribution in [0, 0.1) is 0 Å². The van der Waals surface area contributed by atoms with E-state index in [0.29, 0.717) is 0 Å². The molecule has 20 heavy (non-hydrogen) atoms. The normalized spacial score (nSPS) is 12.6. The van der Waals surface area contributed by atoms with Gasteiger partial charge < -0.3 is 5.32 Å². The van der Waals surface area contributed by atoms with Crippen LogP contribution in [0.3, 0.4) is 0 Å². The van der Waals surface area contributed by atoms with Crippen LogP contribution in [0.25, 0.3) is 0 Å². The molecule has 1 unspecified atom stereocenters. The van der Waals surface area contributed by atoms with E-state index in [2.05, 4.69) is 56.8 Å². The van der Waals surface area contributed by atoms with Gasteiger partial charge in [0.25, 0.3) is 0 Å². The van der Waals surface area contributed by atoms with Gasteiger partial charge in [-0.15, -0.1) is 0 Å². The molecular weight excluding hydrogens is 316 g/mol. The molecule has 2 rings (SSSR count). The molecule has 0 saturated carbocycles. The first-order valence-corrected chi connectivity index (χ1v) is 7.85. The van der Waals surface area contributed by atoms with E-state index in [1.165, 1.54) is 5.69 Å². The van der Waals surface area contributed by atoms with Gasteiger partial charge in [0.1, 0.15) is 0 Å². The number of nitrogens with zero attached hydrogens (tertiary/aromatic N) is 3. The Morgan fingerprint density at radius 3 is 2.75 bits per heavy atom. The van der Waals surface area contributed by atoms with Gasteiger partial charge in [-0.05, 0) is 48.3 Å². The Morgan fingerprint density at radius 2 is 2.15 bits per heavy atom. The van der Waals surface area contributed by atoms with Gasteiger partial charge in [0.2, 0.25) is 0 Å². The summed E-state index contributed by atoms with van der Waals surface area (Å²) in [7, 11) is 0. The fourth-order valence-corrected chi connectivity index (χ4v) is 2.88. The second-order valence-corrected chi connectivity index (χ2v) is 5.53. The van der Waals surface area contributed by atoms with E-state index >= 15 is 0 Å². The monoisotopic (exact) mass is 336 g/mol. The highest BCUT2D eigenvalue weighted by Crippen LogP contribution is 2.23. The number of rotatable bonds is 6. The quantitative estimate of drug-likeness (QED) is 0.878. The highest BCUT2D eigenvalue weighted by molar-refractivity contribution is 9.10. The Morgan fingerprint density at radius 1 is 1.35 bits per heavy atom. The molecule has 2 aromatic heterocycles. The lowest BCUT2D eigenvalue weighted by Gasteiger charge is -2.14. The molecule has 0 aliphatic heterocycles. The van der Waals surface area contributed by atoms with Crippen molar-refractivity contribution in [3.05, 3.63) is 46.0 Å². The fourth-order valence-electron chi connectivity index (χ4n) is 2.17. The molecule has 4 nitrogen and oxygen atoms in total. The third-order valence-corrected chi connectivity index (χ3v) is 4.32. The number of aromatic nitrogens is 3. The molecular formula is C15H21BrN4. The van der Waals surface area contributed by atoms with E-state index in [-0.39, 0.29) is 6.04 Å². The van der Waals surface area contributed by atoms with Crippen LogP contribution in [-0.2, 0) is 19.5 Å². The van der Waals surface area contributed by atoms with Gasteiger partial charge in [-0.2, -0.15) is 5.10 Å². The summed E-state index contributed by atoms with van der Waals surface area (Å²) in [6.07, 6.45) is 2.77. The lowest BCUT2D eigenvalue weighted by atomic mass is 10.2. The number of pyridine rings is 1. The Balaban J connectivity index is 2.09. The Labute approximate surface area is 128 Å². The first-order chi connectivity index (χ1) is 9.67. The van der Waals surface area contributed by atoms with Crippen molar-refractivity contribution in [1.82, 2.24) is 20.1 Å². The highest BCUT2D eigenvalue weighted by Gasteiger charge is 2.15. The molecule has 108 valence electrons. The molecule has 0 aliphatic carbocycles. The van der Waals surface area contributed by atoms with Crippen molar-refractivity contribution >= 4 is 15.9 Å². The molecule has 0 aliphatic rings. The Bertz CT molecular complexity index is 551. The molecule has 0 spiro atoms. The van der Waals surface area contributed by atoms with E-state index in [0.717, 1.165) is 35.4 Å². The third kappa shape index (κ3) is 3.27. The molecule has 0 bridgehead atoms. The van der Waals surface area contributed by atoms with Crippen molar-refractivity contribution in [3.8, 4) is 0 Å². The predicted octanol–water partition coefficient (Wildman–Crippen LogP) is 3.47. The smallest absolute Gasteiger partial charge is 0.0767 e. The topological polar surface area (TPSA) is 42.7 Å². The van der Waals surface area contributed by atoms with Crippen LogP contribution in [-0.4, -0.2) is 14.8 Å². The van der Waals surface area contributed by atoms with Crippen molar-refractivity contribution in [2.24, 2.45) is 0 Å². The summed E-state index contributed by atoms with van der Waals surface area (Å²) >= 11 is 3.67. The number of hydrogen-bond donors (Lipinski definition) is 1. The van der Waals surface area contributed by atoms with E-state index in [1.54, 1.807) is 0 Å². The van der Waals surface area contributed by atoms with Crippen LogP contribution >= 0.6 is 15.9 Å². The van der Waals surface area contributed by atoms with Crippen LogP contribution in [0.2, 0.25) is 0 Å². The summed E-state index contributed by atoms with van der Waals surface area (Å²) in [5.74, 6) is 0. The summed E-state index contributed by atoms with van der Waals surface area (Å²) in [6, 6.07) is 6.21. The zero-order valence-corrected chi connectivity index (χ0v) is 13.8. The van der Waals surface area contributed by atoms with Crippen LogP contribution in [0.15, 0.2) is 28.9 Å². The molecule has 0 fully saturated rings. The molecule has 1 N–H and O–H groups in total. The number of halogens is 1. The van der Waals surface area contributed by atoms with Crippen molar-refractivity contribution < 1.29 is 0 Å². The summed E-state index contributed by atoms with van der Waals surface area (Å²) in [5.41, 5.74) is 3.38. The minimum absolute atomic E-state index is 0.216. The number of nitrogens with one attached hydrogen (secondary N) is 1. The maximum absolute atomic E-state index is 4.61. The van der Waals surface area contributed by atoms with Gasteiger partial charge in [-0.1, -0.05) is 13.0 Å². The van der Waals surface area contributed by atoms with Crippen LogP contribution in [0.5, 0.6) is 0 Å². The second kappa shape index (κ2) is 6.99. The van der Waals surface area contributed by atoms with Gasteiger partial charge in [-0.25, -0.2) is 0 Å². The van der Waals surface area contributed by atoms with E-state index in [4.69, 9.17) is 0 Å². The Hall–Kier alpha value is -1.20. The van der Waals surface area contributed by atoms with Crippen LogP contribution in [0.4, 0.5) is 0 Å².